The van der Waals surface area contributed by atoms with Gasteiger partial charge in [0.2, 0.25) is 0 Å². The number of hydrogen-bond acceptors (Lipinski definition) is 2. The summed E-state index contributed by atoms with van der Waals surface area (Å²) in [7, 11) is 0. The fourth-order valence-corrected chi connectivity index (χ4v) is 7.39. The van der Waals surface area contributed by atoms with Gasteiger partial charge in [-0.1, -0.05) is 130 Å². The molecule has 0 amide bonds. The van der Waals surface area contributed by atoms with Crippen LogP contribution in [0.2, 0.25) is 0 Å². The number of para-hydroxylation sites is 2. The van der Waals surface area contributed by atoms with Crippen LogP contribution in [0.15, 0.2) is 176 Å². The van der Waals surface area contributed by atoms with Crippen molar-refractivity contribution in [1.29, 1.82) is 0 Å². The molecule has 0 N–H and O–H groups in total. The van der Waals surface area contributed by atoms with Crippen molar-refractivity contribution in [3.63, 3.8) is 0 Å². The number of rotatable bonds is 5. The number of nitrogens with zero attached hydrogens (tertiary/aromatic N) is 1. The van der Waals surface area contributed by atoms with Gasteiger partial charge in [-0.05, 0) is 101 Å². The topological polar surface area (TPSA) is 12.5 Å². The second-order valence-electron chi connectivity index (χ2n) is 13.7. The van der Waals surface area contributed by atoms with Crippen LogP contribution < -0.4 is 9.64 Å². The van der Waals surface area contributed by atoms with Crippen LogP contribution in [0.25, 0.3) is 27.8 Å². The van der Waals surface area contributed by atoms with Crippen molar-refractivity contribution in [2.75, 3.05) is 4.90 Å². The molecule has 0 saturated carbocycles. The molecule has 8 rings (SSSR count). The van der Waals surface area contributed by atoms with Crippen molar-refractivity contribution in [2.24, 2.45) is 5.41 Å². The Kier molecular flexibility index (Phi) is 7.18. The first kappa shape index (κ1) is 29.8. The SMILES string of the molecule is C=C1/C=C\C=C(\C2(C)C=CC(N(c3ccccc3)c3ccc4c(c3)C(C)(C)c3cc(-c5ccccc5)ccc3-4)=CC2)Oc2ccccc21. The zero-order valence-corrected chi connectivity index (χ0v) is 27.8. The van der Waals surface area contributed by atoms with Gasteiger partial charge in [0.15, 0.2) is 0 Å². The highest BCUT2D eigenvalue weighted by atomic mass is 16.5. The van der Waals surface area contributed by atoms with Gasteiger partial charge in [-0.25, -0.2) is 0 Å². The fourth-order valence-electron chi connectivity index (χ4n) is 7.39. The molecule has 0 radical (unpaired) electrons. The lowest BCUT2D eigenvalue weighted by Crippen LogP contribution is -2.25. The lowest BCUT2D eigenvalue weighted by molar-refractivity contribution is 0.301. The van der Waals surface area contributed by atoms with Crippen molar-refractivity contribution in [3.8, 4) is 28.0 Å². The first-order valence-electron chi connectivity index (χ1n) is 16.8. The van der Waals surface area contributed by atoms with Crippen molar-refractivity contribution in [1.82, 2.24) is 0 Å². The second-order valence-corrected chi connectivity index (χ2v) is 13.7. The van der Waals surface area contributed by atoms with E-state index in [1.807, 2.05) is 18.2 Å². The number of fused-ring (bicyclic) bond motifs is 4. The van der Waals surface area contributed by atoms with E-state index in [2.05, 4.69) is 172 Å². The molecule has 0 spiro atoms. The maximum absolute atomic E-state index is 6.61. The van der Waals surface area contributed by atoms with Gasteiger partial charge in [0, 0.05) is 33.5 Å². The van der Waals surface area contributed by atoms with Gasteiger partial charge in [0.25, 0.3) is 0 Å². The summed E-state index contributed by atoms with van der Waals surface area (Å²) in [6.45, 7) is 11.2. The molecular formula is C46H39NO. The number of benzene rings is 5. The molecule has 0 fully saturated rings. The third-order valence-electron chi connectivity index (χ3n) is 10.2. The molecule has 5 aromatic rings. The smallest absolute Gasteiger partial charge is 0.134 e. The Bertz CT molecular complexity index is 2180. The monoisotopic (exact) mass is 621 g/mol. The highest BCUT2D eigenvalue weighted by Gasteiger charge is 2.37. The van der Waals surface area contributed by atoms with E-state index in [4.69, 9.17) is 4.74 Å². The predicted molar refractivity (Wildman–Crippen MR) is 201 cm³/mol. The minimum atomic E-state index is -0.306. The second kappa shape index (κ2) is 11.6. The molecule has 2 aliphatic carbocycles. The zero-order chi connectivity index (χ0) is 32.9. The summed E-state index contributed by atoms with van der Waals surface area (Å²) >= 11 is 0. The number of hydrogen-bond donors (Lipinski definition) is 0. The van der Waals surface area contributed by atoms with E-state index in [1.54, 1.807) is 0 Å². The van der Waals surface area contributed by atoms with E-state index in [-0.39, 0.29) is 10.8 Å². The molecule has 234 valence electrons. The van der Waals surface area contributed by atoms with Gasteiger partial charge in [-0.3, -0.25) is 0 Å². The van der Waals surface area contributed by atoms with Crippen molar-refractivity contribution in [2.45, 2.75) is 32.6 Å². The Hall–Kier alpha value is -5.60. The van der Waals surface area contributed by atoms with Gasteiger partial charge in [0.05, 0.1) is 0 Å². The summed E-state index contributed by atoms with van der Waals surface area (Å²) in [5.41, 5.74) is 12.8. The molecule has 1 unspecified atom stereocenters. The van der Waals surface area contributed by atoms with Crippen LogP contribution in [-0.2, 0) is 5.41 Å². The maximum Gasteiger partial charge on any atom is 0.134 e. The van der Waals surface area contributed by atoms with E-state index >= 15 is 0 Å². The molecule has 0 bridgehead atoms. The highest BCUT2D eigenvalue weighted by Crippen LogP contribution is 2.51. The van der Waals surface area contributed by atoms with Gasteiger partial charge in [-0.2, -0.15) is 0 Å². The van der Waals surface area contributed by atoms with Gasteiger partial charge >= 0.3 is 0 Å². The van der Waals surface area contributed by atoms with Crippen LogP contribution in [0.3, 0.4) is 0 Å². The van der Waals surface area contributed by atoms with E-state index in [1.165, 1.54) is 33.4 Å². The summed E-state index contributed by atoms with van der Waals surface area (Å²) in [5, 5.41) is 0. The van der Waals surface area contributed by atoms with Crippen LogP contribution in [0.5, 0.6) is 5.75 Å². The van der Waals surface area contributed by atoms with Crippen LogP contribution in [-0.4, -0.2) is 0 Å². The molecule has 2 heteroatoms. The Balaban J connectivity index is 1.15. The Morgan fingerprint density at radius 3 is 2.08 bits per heavy atom. The molecule has 0 aromatic heterocycles. The van der Waals surface area contributed by atoms with Gasteiger partial charge < -0.3 is 9.64 Å². The molecule has 48 heavy (non-hydrogen) atoms. The fraction of sp³-hybridized carbons (Fsp3) is 0.130. The first-order chi connectivity index (χ1) is 23.3. The number of ether oxygens (including phenoxy) is 1. The highest BCUT2D eigenvalue weighted by molar-refractivity contribution is 5.86. The predicted octanol–water partition coefficient (Wildman–Crippen LogP) is 12.2. The summed E-state index contributed by atoms with van der Waals surface area (Å²) in [6.07, 6.45) is 13.9. The normalized spacial score (nSPS) is 20.5. The van der Waals surface area contributed by atoms with Crippen molar-refractivity contribution in [3.05, 3.63) is 193 Å². The van der Waals surface area contributed by atoms with E-state index < -0.39 is 0 Å². The third kappa shape index (κ3) is 5.05. The summed E-state index contributed by atoms with van der Waals surface area (Å²) in [5.74, 6) is 1.76. The molecule has 1 atom stereocenters. The van der Waals surface area contributed by atoms with E-state index in [0.717, 1.165) is 46.1 Å². The van der Waals surface area contributed by atoms with Crippen LogP contribution >= 0.6 is 0 Å². The van der Waals surface area contributed by atoms with E-state index in [0.29, 0.717) is 0 Å². The number of anilines is 2. The lowest BCUT2D eigenvalue weighted by Gasteiger charge is -2.35. The Morgan fingerprint density at radius 1 is 0.646 bits per heavy atom. The maximum atomic E-state index is 6.61. The molecule has 2 nitrogen and oxygen atoms in total. The quantitative estimate of drug-likeness (QED) is 0.194. The molecule has 3 aliphatic rings. The van der Waals surface area contributed by atoms with E-state index in [9.17, 15) is 0 Å². The average molecular weight is 622 g/mol. The largest absolute Gasteiger partial charge is 0.460 e. The Morgan fingerprint density at radius 2 is 1.33 bits per heavy atom. The standard InChI is InChI=1S/C46H39NO/c1-32-14-13-21-44(48-43-20-12-11-19-38(32)43)46(4)28-26-36(27-29-46)47(35-17-9-6-10-18-35)37-23-25-40-39-24-22-34(33-15-7-5-8-16-33)30-41(39)45(2,3)42(40)31-37/h5-28,30-31H,1,29H2,2-4H3/b14-13-,44-21-. The molecule has 0 saturated heterocycles. The van der Waals surface area contributed by atoms with Gasteiger partial charge in [-0.15, -0.1) is 0 Å². The summed E-state index contributed by atoms with van der Waals surface area (Å²) < 4.78 is 6.61. The number of allylic oxidation sites excluding steroid dienone is 7. The van der Waals surface area contributed by atoms with Crippen molar-refractivity contribution >= 4 is 16.9 Å². The summed E-state index contributed by atoms with van der Waals surface area (Å²) in [6, 6.07) is 43.5. The zero-order valence-electron chi connectivity index (χ0n) is 27.8. The first-order valence-corrected chi connectivity index (χ1v) is 16.8. The lowest BCUT2D eigenvalue weighted by atomic mass is 9.80. The van der Waals surface area contributed by atoms with Crippen molar-refractivity contribution < 1.29 is 4.74 Å². The third-order valence-corrected chi connectivity index (χ3v) is 10.2. The molecule has 5 aromatic carbocycles. The minimum absolute atomic E-state index is 0.139. The Labute approximate surface area is 284 Å². The minimum Gasteiger partial charge on any atom is -0.460 e. The van der Waals surface area contributed by atoms with Crippen LogP contribution in [0.1, 0.15) is 43.9 Å². The average Bonchev–Trinajstić information content (AvgIpc) is 3.34. The van der Waals surface area contributed by atoms with Crippen LogP contribution in [0, 0.1) is 5.41 Å². The van der Waals surface area contributed by atoms with Crippen LogP contribution in [0.4, 0.5) is 11.4 Å². The molecular weight excluding hydrogens is 583 g/mol. The van der Waals surface area contributed by atoms with Gasteiger partial charge in [0.1, 0.15) is 11.5 Å². The summed E-state index contributed by atoms with van der Waals surface area (Å²) in [4.78, 5) is 2.39. The molecule has 1 aliphatic heterocycles. The molecule has 1 heterocycles.